The molecule has 0 aliphatic heterocycles. The van der Waals surface area contributed by atoms with Crippen LogP contribution < -0.4 is 14.9 Å². The molecular formula is C22H20N2O4S. The van der Waals surface area contributed by atoms with Crippen LogP contribution in [0, 0.1) is 13.8 Å². The van der Waals surface area contributed by atoms with Crippen LogP contribution in [0.3, 0.4) is 0 Å². The van der Waals surface area contributed by atoms with E-state index < -0.39 is 5.97 Å². The van der Waals surface area contributed by atoms with Crippen LogP contribution >= 0.6 is 11.3 Å². The number of carbonyl (C=O) groups is 2. The van der Waals surface area contributed by atoms with E-state index in [0.29, 0.717) is 21.9 Å². The van der Waals surface area contributed by atoms with E-state index in [1.807, 2.05) is 37.4 Å². The predicted molar refractivity (Wildman–Crippen MR) is 113 cm³/mol. The number of nitrogens with zero attached hydrogens (tertiary/aromatic N) is 1. The smallest absolute Gasteiger partial charge is 0.353 e. The van der Waals surface area contributed by atoms with Gasteiger partial charge in [0.05, 0.1) is 6.21 Å². The summed E-state index contributed by atoms with van der Waals surface area (Å²) in [6, 6.07) is 16.1. The van der Waals surface area contributed by atoms with Crippen molar-refractivity contribution in [2.45, 2.75) is 13.8 Å². The number of rotatable bonds is 7. The summed E-state index contributed by atoms with van der Waals surface area (Å²) in [5.41, 5.74) is 5.23. The van der Waals surface area contributed by atoms with Crippen molar-refractivity contribution in [3.05, 3.63) is 81.5 Å². The maximum Gasteiger partial charge on any atom is 0.353 e. The highest BCUT2D eigenvalue weighted by molar-refractivity contribution is 7.12. The van der Waals surface area contributed by atoms with Crippen LogP contribution in [0.4, 0.5) is 0 Å². The van der Waals surface area contributed by atoms with Crippen LogP contribution in [0.5, 0.6) is 11.5 Å². The van der Waals surface area contributed by atoms with Crippen LogP contribution in [0.25, 0.3) is 0 Å². The lowest BCUT2D eigenvalue weighted by Gasteiger charge is -2.07. The molecule has 1 aromatic heterocycles. The molecule has 1 N–H and O–H groups in total. The number of carbonyl (C=O) groups excluding carboxylic acids is 2. The fourth-order valence-electron chi connectivity index (χ4n) is 2.59. The quantitative estimate of drug-likeness (QED) is 0.276. The summed E-state index contributed by atoms with van der Waals surface area (Å²) in [6.45, 7) is 3.80. The number of aryl methyl sites for hydroxylation is 2. The lowest BCUT2D eigenvalue weighted by Crippen LogP contribution is -2.24. The van der Waals surface area contributed by atoms with Gasteiger partial charge in [-0.25, -0.2) is 10.2 Å². The van der Waals surface area contributed by atoms with Crippen molar-refractivity contribution in [3.63, 3.8) is 0 Å². The molecule has 0 aliphatic carbocycles. The summed E-state index contributed by atoms with van der Waals surface area (Å²) >= 11 is 1.32. The third-order valence-corrected chi connectivity index (χ3v) is 4.61. The number of amides is 1. The molecule has 1 heterocycles. The van der Waals surface area contributed by atoms with Gasteiger partial charge in [-0.1, -0.05) is 24.3 Å². The van der Waals surface area contributed by atoms with Gasteiger partial charge in [-0.05, 0) is 66.2 Å². The molecule has 0 atom stereocenters. The van der Waals surface area contributed by atoms with Crippen molar-refractivity contribution in [2.24, 2.45) is 5.10 Å². The van der Waals surface area contributed by atoms with Crippen molar-refractivity contribution in [3.8, 4) is 11.5 Å². The minimum Gasteiger partial charge on any atom is -0.484 e. The summed E-state index contributed by atoms with van der Waals surface area (Å²) in [5.74, 6) is 0.255. The Morgan fingerprint density at radius 1 is 1.03 bits per heavy atom. The zero-order valence-electron chi connectivity index (χ0n) is 16.0. The average molecular weight is 408 g/mol. The lowest BCUT2D eigenvalue weighted by atomic mass is 10.1. The maximum absolute atomic E-state index is 12.0. The standard InChI is InChI=1S/C22H20N2O4S/c1-15-9-16(2)11-19(10-15)27-14-21(25)24-23-13-17-5-3-6-18(12-17)28-22(26)20-7-4-8-29-20/h3-13H,14H2,1-2H3,(H,24,25). The molecule has 148 valence electrons. The fraction of sp³-hybridized carbons (Fsp3) is 0.136. The van der Waals surface area contributed by atoms with E-state index in [0.717, 1.165) is 11.1 Å². The fourth-order valence-corrected chi connectivity index (χ4v) is 3.19. The number of nitrogens with one attached hydrogen (secondary N) is 1. The number of benzene rings is 2. The third-order valence-electron chi connectivity index (χ3n) is 3.76. The van der Waals surface area contributed by atoms with Crippen molar-refractivity contribution < 1.29 is 19.1 Å². The number of hydrazone groups is 1. The Kier molecular flexibility index (Phi) is 6.76. The second-order valence-corrected chi connectivity index (χ2v) is 7.29. The van der Waals surface area contributed by atoms with Gasteiger partial charge in [0.15, 0.2) is 6.61 Å². The van der Waals surface area contributed by atoms with Crippen LogP contribution in [0.15, 0.2) is 65.1 Å². The molecule has 3 aromatic rings. The highest BCUT2D eigenvalue weighted by Crippen LogP contribution is 2.17. The highest BCUT2D eigenvalue weighted by Gasteiger charge is 2.09. The Morgan fingerprint density at radius 3 is 2.55 bits per heavy atom. The van der Waals surface area contributed by atoms with Gasteiger partial charge in [0.25, 0.3) is 5.91 Å². The largest absolute Gasteiger partial charge is 0.484 e. The Balaban J connectivity index is 1.50. The van der Waals surface area contributed by atoms with E-state index in [4.69, 9.17) is 9.47 Å². The van der Waals surface area contributed by atoms with Gasteiger partial charge in [0.1, 0.15) is 16.4 Å². The van der Waals surface area contributed by atoms with E-state index in [1.54, 1.807) is 36.4 Å². The highest BCUT2D eigenvalue weighted by atomic mass is 32.1. The van der Waals surface area contributed by atoms with Gasteiger partial charge in [-0.2, -0.15) is 5.10 Å². The first kappa shape index (κ1) is 20.3. The Bertz CT molecular complexity index is 1010. The van der Waals surface area contributed by atoms with Crippen LogP contribution in [0.1, 0.15) is 26.4 Å². The number of thiophene rings is 1. The summed E-state index contributed by atoms with van der Waals surface area (Å²) < 4.78 is 10.8. The van der Waals surface area contributed by atoms with E-state index in [-0.39, 0.29) is 12.5 Å². The molecule has 29 heavy (non-hydrogen) atoms. The number of esters is 1. The van der Waals surface area contributed by atoms with Gasteiger partial charge >= 0.3 is 5.97 Å². The van der Waals surface area contributed by atoms with Gasteiger partial charge in [0.2, 0.25) is 0 Å². The molecule has 0 unspecified atom stereocenters. The zero-order valence-corrected chi connectivity index (χ0v) is 16.9. The molecule has 3 rings (SSSR count). The number of hydrogen-bond donors (Lipinski definition) is 1. The van der Waals surface area contributed by atoms with Gasteiger partial charge in [0, 0.05) is 0 Å². The minimum absolute atomic E-state index is 0.140. The second-order valence-electron chi connectivity index (χ2n) is 6.34. The molecule has 0 radical (unpaired) electrons. The van der Waals surface area contributed by atoms with Gasteiger partial charge in [-0.3, -0.25) is 4.79 Å². The van der Waals surface area contributed by atoms with Crippen molar-refractivity contribution in [2.75, 3.05) is 6.61 Å². The van der Waals surface area contributed by atoms with Gasteiger partial charge in [-0.15, -0.1) is 11.3 Å². The topological polar surface area (TPSA) is 77.0 Å². The molecule has 7 heteroatoms. The summed E-state index contributed by atoms with van der Waals surface area (Å²) in [5, 5.41) is 5.73. The molecule has 0 fully saturated rings. The predicted octanol–water partition coefficient (Wildman–Crippen LogP) is 4.11. The van der Waals surface area contributed by atoms with E-state index in [2.05, 4.69) is 10.5 Å². The second kappa shape index (κ2) is 9.66. The normalized spacial score (nSPS) is 10.7. The summed E-state index contributed by atoms with van der Waals surface area (Å²) in [6.07, 6.45) is 1.47. The van der Waals surface area contributed by atoms with Crippen LogP contribution in [-0.2, 0) is 4.79 Å². The van der Waals surface area contributed by atoms with E-state index >= 15 is 0 Å². The lowest BCUT2D eigenvalue weighted by molar-refractivity contribution is -0.123. The molecule has 6 nitrogen and oxygen atoms in total. The summed E-state index contributed by atoms with van der Waals surface area (Å²) in [7, 11) is 0. The first-order valence-electron chi connectivity index (χ1n) is 8.88. The van der Waals surface area contributed by atoms with Crippen molar-refractivity contribution in [1.82, 2.24) is 5.43 Å². The third kappa shape index (κ3) is 6.29. The van der Waals surface area contributed by atoms with Crippen LogP contribution in [0.2, 0.25) is 0 Å². The maximum atomic E-state index is 12.0. The number of ether oxygens (including phenoxy) is 2. The van der Waals surface area contributed by atoms with Crippen molar-refractivity contribution in [1.29, 1.82) is 0 Å². The first-order chi connectivity index (χ1) is 14.0. The summed E-state index contributed by atoms with van der Waals surface area (Å²) in [4.78, 5) is 24.4. The number of hydrogen-bond acceptors (Lipinski definition) is 6. The molecule has 0 bridgehead atoms. The van der Waals surface area contributed by atoms with Gasteiger partial charge < -0.3 is 9.47 Å². The monoisotopic (exact) mass is 408 g/mol. The van der Waals surface area contributed by atoms with Crippen LogP contribution in [-0.4, -0.2) is 24.7 Å². The molecule has 0 saturated heterocycles. The van der Waals surface area contributed by atoms with Crippen molar-refractivity contribution >= 4 is 29.4 Å². The molecular weight excluding hydrogens is 388 g/mol. The first-order valence-corrected chi connectivity index (χ1v) is 9.76. The molecule has 1 amide bonds. The van der Waals surface area contributed by atoms with E-state index in [1.165, 1.54) is 17.6 Å². The molecule has 2 aromatic carbocycles. The molecule has 0 saturated carbocycles. The van der Waals surface area contributed by atoms with E-state index in [9.17, 15) is 9.59 Å². The molecule has 0 aliphatic rings. The average Bonchev–Trinajstić information content (AvgIpc) is 3.21. The Morgan fingerprint density at radius 2 is 1.83 bits per heavy atom. The minimum atomic E-state index is -0.411. The Labute approximate surface area is 172 Å². The SMILES string of the molecule is Cc1cc(C)cc(OCC(=O)NN=Cc2cccc(OC(=O)c3cccs3)c2)c1. The zero-order chi connectivity index (χ0) is 20.6. The Hall–Kier alpha value is -3.45. The molecule has 0 spiro atoms.